The first-order valence-electron chi connectivity index (χ1n) is 7.15. The highest BCUT2D eigenvalue weighted by Crippen LogP contribution is 2.22. The number of hydrogen-bond donors (Lipinski definition) is 1. The van der Waals surface area contributed by atoms with Gasteiger partial charge in [-0.3, -0.25) is 0 Å². The number of halogens is 1. The van der Waals surface area contributed by atoms with Crippen molar-refractivity contribution in [2.75, 3.05) is 0 Å². The summed E-state index contributed by atoms with van der Waals surface area (Å²) < 4.78 is 0. The van der Waals surface area contributed by atoms with Crippen LogP contribution in [0.4, 0.5) is 0 Å². The third kappa shape index (κ3) is 4.34. The lowest BCUT2D eigenvalue weighted by Crippen LogP contribution is -2.31. The van der Waals surface area contributed by atoms with Crippen molar-refractivity contribution < 1.29 is 0 Å². The van der Waals surface area contributed by atoms with Crippen LogP contribution in [0.5, 0.6) is 0 Å². The van der Waals surface area contributed by atoms with Crippen LogP contribution < -0.4 is 5.32 Å². The molecule has 2 unspecified atom stereocenters. The van der Waals surface area contributed by atoms with Crippen LogP contribution >= 0.6 is 22.9 Å². The van der Waals surface area contributed by atoms with Gasteiger partial charge in [-0.05, 0) is 56.5 Å². The van der Waals surface area contributed by atoms with Gasteiger partial charge in [-0.1, -0.05) is 30.7 Å². The van der Waals surface area contributed by atoms with Gasteiger partial charge in [0.2, 0.25) is 0 Å². The van der Waals surface area contributed by atoms with Gasteiger partial charge in [-0.15, -0.1) is 11.3 Å². The van der Waals surface area contributed by atoms with Gasteiger partial charge in [0.1, 0.15) is 0 Å². The van der Waals surface area contributed by atoms with E-state index in [1.165, 1.54) is 15.3 Å². The van der Waals surface area contributed by atoms with Crippen LogP contribution in [0.1, 0.15) is 41.6 Å². The van der Waals surface area contributed by atoms with Crippen LogP contribution in [0.3, 0.4) is 0 Å². The third-order valence-electron chi connectivity index (χ3n) is 3.45. The lowest BCUT2D eigenvalue weighted by atomic mass is 10.0. The Morgan fingerprint density at radius 2 is 2.05 bits per heavy atom. The van der Waals surface area contributed by atoms with Gasteiger partial charge in [0.15, 0.2) is 0 Å². The predicted octanol–water partition coefficient (Wildman–Crippen LogP) is 5.38. The molecule has 0 spiro atoms. The molecule has 1 heterocycles. The molecule has 0 aliphatic carbocycles. The van der Waals surface area contributed by atoms with E-state index in [-0.39, 0.29) is 0 Å². The molecule has 0 aliphatic rings. The Bertz CT molecular complexity index is 549. The molecule has 2 rings (SSSR count). The Morgan fingerprint density at radius 1 is 1.25 bits per heavy atom. The normalized spacial score (nSPS) is 14.2. The molecule has 2 atom stereocenters. The molecule has 3 heteroatoms. The molecule has 0 aliphatic heterocycles. The van der Waals surface area contributed by atoms with E-state index < -0.39 is 0 Å². The lowest BCUT2D eigenvalue weighted by Gasteiger charge is -2.22. The molecule has 20 heavy (non-hydrogen) atoms. The van der Waals surface area contributed by atoms with Crippen LogP contribution in [0.15, 0.2) is 36.4 Å². The van der Waals surface area contributed by atoms with Gasteiger partial charge in [0.05, 0.1) is 0 Å². The topological polar surface area (TPSA) is 12.0 Å². The van der Waals surface area contributed by atoms with Crippen LogP contribution in [0.25, 0.3) is 0 Å². The molecule has 0 saturated carbocycles. The maximum atomic E-state index is 6.09. The van der Waals surface area contributed by atoms with Crippen molar-refractivity contribution in [3.63, 3.8) is 0 Å². The van der Waals surface area contributed by atoms with Crippen molar-refractivity contribution >= 4 is 22.9 Å². The molecule has 0 amide bonds. The van der Waals surface area contributed by atoms with E-state index in [1.807, 2.05) is 23.5 Å². The minimum atomic E-state index is 0.366. The zero-order valence-corrected chi connectivity index (χ0v) is 13.9. The SMILES string of the molecule is CCC(NC(C)Cc1ccc(C)s1)c1cccc(Cl)c1. The quantitative estimate of drug-likeness (QED) is 0.755. The molecule has 0 radical (unpaired) electrons. The van der Waals surface area contributed by atoms with Gasteiger partial charge in [-0.25, -0.2) is 0 Å². The minimum absolute atomic E-state index is 0.366. The second-order valence-electron chi connectivity index (χ2n) is 5.30. The average Bonchev–Trinajstić information content (AvgIpc) is 2.81. The first-order valence-corrected chi connectivity index (χ1v) is 8.34. The molecule has 0 fully saturated rings. The van der Waals surface area contributed by atoms with Gasteiger partial charge >= 0.3 is 0 Å². The summed E-state index contributed by atoms with van der Waals surface area (Å²) in [6.45, 7) is 6.62. The van der Waals surface area contributed by atoms with E-state index >= 15 is 0 Å². The van der Waals surface area contributed by atoms with Crippen molar-refractivity contribution in [3.05, 3.63) is 56.7 Å². The maximum Gasteiger partial charge on any atom is 0.0409 e. The van der Waals surface area contributed by atoms with Crippen molar-refractivity contribution in [3.8, 4) is 0 Å². The standard InChI is InChI=1S/C17H22ClNS/c1-4-17(14-6-5-7-15(18)11-14)19-12(2)10-16-9-8-13(3)20-16/h5-9,11-12,17,19H,4,10H2,1-3H3. The van der Waals surface area contributed by atoms with E-state index in [9.17, 15) is 0 Å². The van der Waals surface area contributed by atoms with Crippen LogP contribution in [-0.2, 0) is 6.42 Å². The third-order valence-corrected chi connectivity index (χ3v) is 4.71. The Labute approximate surface area is 131 Å². The first kappa shape index (κ1) is 15.6. The van der Waals surface area contributed by atoms with Gasteiger partial charge < -0.3 is 5.32 Å². The summed E-state index contributed by atoms with van der Waals surface area (Å²) in [5.41, 5.74) is 1.27. The molecule has 1 aromatic carbocycles. The zero-order valence-electron chi connectivity index (χ0n) is 12.3. The fraction of sp³-hybridized carbons (Fsp3) is 0.412. The highest BCUT2D eigenvalue weighted by molar-refractivity contribution is 7.11. The fourth-order valence-electron chi connectivity index (χ4n) is 2.47. The number of aryl methyl sites for hydroxylation is 1. The summed E-state index contributed by atoms with van der Waals surface area (Å²) in [5, 5.41) is 4.53. The number of thiophene rings is 1. The van der Waals surface area contributed by atoms with Crippen molar-refractivity contribution in [2.45, 2.75) is 45.7 Å². The highest BCUT2D eigenvalue weighted by atomic mass is 35.5. The minimum Gasteiger partial charge on any atom is -0.307 e. The van der Waals surface area contributed by atoms with Crippen LogP contribution in [0, 0.1) is 6.92 Å². The van der Waals surface area contributed by atoms with Crippen molar-refractivity contribution in [1.29, 1.82) is 0 Å². The molecular formula is C17H22ClNS. The molecule has 0 bridgehead atoms. The van der Waals surface area contributed by atoms with E-state index in [1.54, 1.807) is 0 Å². The van der Waals surface area contributed by atoms with E-state index in [0.29, 0.717) is 12.1 Å². The van der Waals surface area contributed by atoms with E-state index in [2.05, 4.69) is 50.4 Å². The molecule has 1 N–H and O–H groups in total. The predicted molar refractivity (Wildman–Crippen MR) is 89.8 cm³/mol. The van der Waals surface area contributed by atoms with Crippen LogP contribution in [0.2, 0.25) is 5.02 Å². The molecule has 1 aromatic heterocycles. The molecule has 1 nitrogen and oxygen atoms in total. The number of rotatable bonds is 6. The molecule has 108 valence electrons. The summed E-state index contributed by atoms with van der Waals surface area (Å²) in [4.78, 5) is 2.83. The van der Waals surface area contributed by atoms with Crippen molar-refractivity contribution in [2.24, 2.45) is 0 Å². The van der Waals surface area contributed by atoms with Crippen molar-refractivity contribution in [1.82, 2.24) is 5.32 Å². The first-order chi connectivity index (χ1) is 9.58. The number of hydrogen-bond acceptors (Lipinski definition) is 2. The maximum absolute atomic E-state index is 6.09. The molecule has 0 saturated heterocycles. The Hall–Kier alpha value is -0.830. The van der Waals surface area contributed by atoms with E-state index in [0.717, 1.165) is 17.9 Å². The summed E-state index contributed by atoms with van der Waals surface area (Å²) in [6, 6.07) is 13.4. The Balaban J connectivity index is 1.99. The second kappa shape index (κ2) is 7.26. The smallest absolute Gasteiger partial charge is 0.0409 e. The summed E-state index contributed by atoms with van der Waals surface area (Å²) in [6.07, 6.45) is 2.14. The average molecular weight is 308 g/mol. The van der Waals surface area contributed by atoms with E-state index in [4.69, 9.17) is 11.6 Å². The highest BCUT2D eigenvalue weighted by Gasteiger charge is 2.13. The zero-order chi connectivity index (χ0) is 14.5. The van der Waals surface area contributed by atoms with Gasteiger partial charge in [0.25, 0.3) is 0 Å². The largest absolute Gasteiger partial charge is 0.307 e. The second-order valence-corrected chi connectivity index (χ2v) is 7.11. The number of benzene rings is 1. The van der Waals surface area contributed by atoms with Gasteiger partial charge in [0, 0.05) is 26.9 Å². The summed E-state index contributed by atoms with van der Waals surface area (Å²) >= 11 is 7.98. The fourth-order valence-corrected chi connectivity index (χ4v) is 3.69. The number of nitrogens with one attached hydrogen (secondary N) is 1. The lowest BCUT2D eigenvalue weighted by molar-refractivity contribution is 0.445. The summed E-state index contributed by atoms with van der Waals surface area (Å²) in [5.74, 6) is 0. The Kier molecular flexibility index (Phi) is 5.64. The molecule has 2 aromatic rings. The molecular weight excluding hydrogens is 286 g/mol. The van der Waals surface area contributed by atoms with Crippen LogP contribution in [-0.4, -0.2) is 6.04 Å². The monoisotopic (exact) mass is 307 g/mol. The Morgan fingerprint density at radius 3 is 2.65 bits per heavy atom. The van der Waals surface area contributed by atoms with Gasteiger partial charge in [-0.2, -0.15) is 0 Å². The summed E-state index contributed by atoms with van der Waals surface area (Å²) in [7, 11) is 0.